The Morgan fingerprint density at radius 2 is 1.87 bits per heavy atom. The summed E-state index contributed by atoms with van der Waals surface area (Å²) in [6, 6.07) is 10.8. The number of amides is 1. The highest BCUT2D eigenvalue weighted by Crippen LogP contribution is 2.32. The molecule has 2 aromatic heterocycles. The lowest BCUT2D eigenvalue weighted by Crippen LogP contribution is -2.28. The summed E-state index contributed by atoms with van der Waals surface area (Å²) in [5.74, 6) is 0.399. The van der Waals surface area contributed by atoms with E-state index in [9.17, 15) is 14.0 Å². The van der Waals surface area contributed by atoms with Gasteiger partial charge in [-0.15, -0.1) is 0 Å². The lowest BCUT2D eigenvalue weighted by atomic mass is 10.2. The molecular formula is C21H16FN5O4. The van der Waals surface area contributed by atoms with Gasteiger partial charge in [0.25, 0.3) is 5.56 Å². The number of nitrogens with zero attached hydrogens (tertiary/aromatic N) is 4. The van der Waals surface area contributed by atoms with Crippen LogP contribution in [0.3, 0.4) is 0 Å². The number of benzene rings is 2. The molecule has 0 unspecified atom stereocenters. The van der Waals surface area contributed by atoms with E-state index in [2.05, 4.69) is 15.4 Å². The van der Waals surface area contributed by atoms with Crippen LogP contribution in [0.15, 0.2) is 59.8 Å². The highest BCUT2D eigenvalue weighted by atomic mass is 19.1. The summed E-state index contributed by atoms with van der Waals surface area (Å²) < 4.78 is 26.8. The topological polar surface area (TPSA) is 100 Å². The van der Waals surface area contributed by atoms with E-state index < -0.39 is 11.5 Å². The summed E-state index contributed by atoms with van der Waals surface area (Å²) in [6.07, 6.45) is 2.67. The molecule has 0 saturated heterocycles. The second-order valence-corrected chi connectivity index (χ2v) is 6.85. The van der Waals surface area contributed by atoms with Crippen LogP contribution in [-0.2, 0) is 11.3 Å². The number of hydrogen-bond donors (Lipinski definition) is 1. The predicted octanol–water partition coefficient (Wildman–Crippen LogP) is 2.13. The van der Waals surface area contributed by atoms with Crippen LogP contribution < -0.4 is 20.3 Å². The summed E-state index contributed by atoms with van der Waals surface area (Å²) >= 11 is 0. The van der Waals surface area contributed by atoms with Crippen LogP contribution in [0.4, 0.5) is 10.1 Å². The Bertz CT molecular complexity index is 1350. The third kappa shape index (κ3) is 3.59. The second-order valence-electron chi connectivity index (χ2n) is 6.85. The quantitative estimate of drug-likeness (QED) is 0.542. The molecule has 0 fully saturated rings. The van der Waals surface area contributed by atoms with E-state index in [-0.39, 0.29) is 17.7 Å². The Morgan fingerprint density at radius 3 is 2.68 bits per heavy atom. The monoisotopic (exact) mass is 421 g/mol. The minimum absolute atomic E-state index is 0.224. The average Bonchev–Trinajstić information content (AvgIpc) is 3.21. The van der Waals surface area contributed by atoms with E-state index in [0.717, 1.165) is 0 Å². The number of fused-ring (bicyclic) bond motifs is 2. The van der Waals surface area contributed by atoms with Crippen LogP contribution in [0.2, 0.25) is 0 Å². The summed E-state index contributed by atoms with van der Waals surface area (Å²) in [4.78, 5) is 29.5. The Balaban J connectivity index is 1.37. The molecule has 1 aliphatic rings. The fourth-order valence-electron chi connectivity index (χ4n) is 3.31. The zero-order chi connectivity index (χ0) is 21.4. The normalized spacial score (nSPS) is 12.7. The van der Waals surface area contributed by atoms with E-state index in [4.69, 9.17) is 9.47 Å². The first-order valence-corrected chi connectivity index (χ1v) is 9.47. The summed E-state index contributed by atoms with van der Waals surface area (Å²) in [6.45, 7) is 0.698. The van der Waals surface area contributed by atoms with Gasteiger partial charge in [-0.3, -0.25) is 14.2 Å². The third-order valence-corrected chi connectivity index (χ3v) is 4.77. The van der Waals surface area contributed by atoms with Gasteiger partial charge in [-0.1, -0.05) is 0 Å². The molecule has 1 aliphatic heterocycles. The molecule has 31 heavy (non-hydrogen) atoms. The molecule has 2 aromatic carbocycles. The van der Waals surface area contributed by atoms with Crippen LogP contribution >= 0.6 is 0 Å². The molecule has 0 saturated carbocycles. The molecule has 0 aliphatic carbocycles. The predicted molar refractivity (Wildman–Crippen MR) is 109 cm³/mol. The van der Waals surface area contributed by atoms with E-state index in [0.29, 0.717) is 41.7 Å². The number of carbonyl (C=O) groups excluding carboxylic acids is 1. The molecule has 0 bridgehead atoms. The van der Waals surface area contributed by atoms with Gasteiger partial charge in [0.1, 0.15) is 37.3 Å². The van der Waals surface area contributed by atoms with Gasteiger partial charge in [0.2, 0.25) is 5.91 Å². The number of anilines is 1. The van der Waals surface area contributed by atoms with Gasteiger partial charge in [0.15, 0.2) is 17.1 Å². The Morgan fingerprint density at radius 1 is 1.10 bits per heavy atom. The molecule has 1 amide bonds. The van der Waals surface area contributed by atoms with E-state index >= 15 is 0 Å². The summed E-state index contributed by atoms with van der Waals surface area (Å²) in [5, 5.41) is 7.16. The number of ether oxygens (including phenoxy) is 2. The fraction of sp³-hybridized carbons (Fsp3) is 0.143. The number of rotatable bonds is 4. The molecule has 1 N–H and O–H groups in total. The smallest absolute Gasteiger partial charge is 0.264 e. The average molecular weight is 421 g/mol. The highest BCUT2D eigenvalue weighted by Gasteiger charge is 2.15. The number of hydrogen-bond acceptors (Lipinski definition) is 6. The van der Waals surface area contributed by atoms with Crippen molar-refractivity contribution in [1.82, 2.24) is 19.3 Å². The van der Waals surface area contributed by atoms with Crippen molar-refractivity contribution in [2.75, 3.05) is 18.5 Å². The number of nitrogens with one attached hydrogen (secondary N) is 1. The maximum Gasteiger partial charge on any atom is 0.264 e. The molecule has 5 rings (SSSR count). The third-order valence-electron chi connectivity index (χ3n) is 4.77. The molecule has 156 valence electrons. The Hall–Kier alpha value is -4.21. The minimum atomic E-state index is -0.407. The zero-order valence-corrected chi connectivity index (χ0v) is 16.1. The van der Waals surface area contributed by atoms with Gasteiger partial charge in [-0.25, -0.2) is 14.1 Å². The Kier molecular flexibility index (Phi) is 4.58. The van der Waals surface area contributed by atoms with Crippen molar-refractivity contribution in [2.45, 2.75) is 6.54 Å². The number of aromatic nitrogens is 4. The molecule has 0 radical (unpaired) electrons. The van der Waals surface area contributed by atoms with Crippen molar-refractivity contribution >= 4 is 22.6 Å². The van der Waals surface area contributed by atoms with Crippen molar-refractivity contribution < 1.29 is 18.7 Å². The van der Waals surface area contributed by atoms with Gasteiger partial charge in [-0.2, -0.15) is 5.10 Å². The fourth-order valence-corrected chi connectivity index (χ4v) is 3.31. The van der Waals surface area contributed by atoms with Crippen LogP contribution in [0, 0.1) is 5.82 Å². The first-order chi connectivity index (χ1) is 15.1. The van der Waals surface area contributed by atoms with E-state index in [1.165, 1.54) is 46.0 Å². The van der Waals surface area contributed by atoms with E-state index in [1.54, 1.807) is 18.2 Å². The second kappa shape index (κ2) is 7.56. The standard InChI is InChI=1S/C21H16FN5O4/c22-13-1-4-15(5-2-13)27-20-16(10-24-27)21(29)26(12-23-20)11-19(28)25-14-3-6-17-18(9-14)31-8-7-30-17/h1-6,9-10,12H,7-8,11H2,(H,25,28). The van der Waals surface area contributed by atoms with Crippen LogP contribution in [0.5, 0.6) is 11.5 Å². The summed E-state index contributed by atoms with van der Waals surface area (Å²) in [5.41, 5.74) is 1.01. The molecule has 0 atom stereocenters. The van der Waals surface area contributed by atoms with Gasteiger partial charge in [0, 0.05) is 11.8 Å². The number of carbonyl (C=O) groups is 1. The van der Waals surface area contributed by atoms with Crippen molar-refractivity contribution in [2.24, 2.45) is 0 Å². The minimum Gasteiger partial charge on any atom is -0.486 e. The SMILES string of the molecule is O=C(Cn1cnc2c(cnn2-c2ccc(F)cc2)c1=O)Nc1ccc2c(c1)OCCO2. The van der Waals surface area contributed by atoms with Gasteiger partial charge >= 0.3 is 0 Å². The number of halogens is 1. The van der Waals surface area contributed by atoms with Crippen molar-refractivity contribution in [3.63, 3.8) is 0 Å². The molecule has 3 heterocycles. The molecule has 10 heteroatoms. The van der Waals surface area contributed by atoms with Gasteiger partial charge in [0.05, 0.1) is 11.9 Å². The lowest BCUT2D eigenvalue weighted by molar-refractivity contribution is -0.116. The highest BCUT2D eigenvalue weighted by molar-refractivity contribution is 5.91. The van der Waals surface area contributed by atoms with Crippen LogP contribution in [-0.4, -0.2) is 38.5 Å². The first kappa shape index (κ1) is 18.8. The van der Waals surface area contributed by atoms with Crippen LogP contribution in [0.1, 0.15) is 0 Å². The summed E-state index contributed by atoms with van der Waals surface area (Å²) in [7, 11) is 0. The molecule has 9 nitrogen and oxygen atoms in total. The lowest BCUT2D eigenvalue weighted by Gasteiger charge is -2.19. The van der Waals surface area contributed by atoms with Crippen molar-refractivity contribution in [1.29, 1.82) is 0 Å². The molecular weight excluding hydrogens is 405 g/mol. The van der Waals surface area contributed by atoms with Crippen molar-refractivity contribution in [3.05, 3.63) is 71.2 Å². The van der Waals surface area contributed by atoms with Crippen LogP contribution in [0.25, 0.3) is 16.7 Å². The van der Waals surface area contributed by atoms with Crippen molar-refractivity contribution in [3.8, 4) is 17.2 Å². The maximum atomic E-state index is 13.2. The molecule has 0 spiro atoms. The zero-order valence-electron chi connectivity index (χ0n) is 16.1. The van der Waals surface area contributed by atoms with Gasteiger partial charge < -0.3 is 14.8 Å². The van der Waals surface area contributed by atoms with E-state index in [1.807, 2.05) is 0 Å². The Labute approximate surface area is 174 Å². The first-order valence-electron chi connectivity index (χ1n) is 9.47. The molecule has 4 aromatic rings. The maximum absolute atomic E-state index is 13.2. The largest absolute Gasteiger partial charge is 0.486 e. The van der Waals surface area contributed by atoms with Gasteiger partial charge in [-0.05, 0) is 36.4 Å².